The lowest BCUT2D eigenvalue weighted by molar-refractivity contribution is 0.0686. The number of rotatable bonds is 8. The second-order valence-corrected chi connectivity index (χ2v) is 9.27. The number of aromatic nitrogens is 1. The normalized spacial score (nSPS) is 12.0. The lowest BCUT2D eigenvalue weighted by Gasteiger charge is -2.17. The molecule has 0 aliphatic rings. The summed E-state index contributed by atoms with van der Waals surface area (Å²) in [5, 5.41) is 23.1. The van der Waals surface area contributed by atoms with E-state index in [2.05, 4.69) is 4.98 Å². The number of carboxylic acid groups (broad SMARTS) is 2. The van der Waals surface area contributed by atoms with Crippen LogP contribution in [0.25, 0.3) is 33.2 Å². The largest absolute Gasteiger partial charge is 0.478 e. The number of hydrazine groups is 2. The Kier molecular flexibility index (Phi) is 7.04. The minimum Gasteiger partial charge on any atom is -0.478 e. The fourth-order valence-corrected chi connectivity index (χ4v) is 4.60. The summed E-state index contributed by atoms with van der Waals surface area (Å²) in [5.41, 5.74) is 17.2. The smallest absolute Gasteiger partial charge is 0.337 e. The molecule has 0 atom stereocenters. The summed E-state index contributed by atoms with van der Waals surface area (Å²) in [6.07, 6.45) is 2.93. The van der Waals surface area contributed by atoms with E-state index in [-0.39, 0.29) is 11.1 Å². The van der Waals surface area contributed by atoms with Gasteiger partial charge in [0, 0.05) is 34.2 Å². The van der Waals surface area contributed by atoms with E-state index >= 15 is 0 Å². The zero-order valence-electron chi connectivity index (χ0n) is 21.7. The molecule has 0 fully saturated rings. The Hall–Kier alpha value is -5.78. The molecule has 0 amide bonds. The van der Waals surface area contributed by atoms with Gasteiger partial charge in [-0.3, -0.25) is 10.0 Å². The molecule has 0 saturated carbocycles. The van der Waals surface area contributed by atoms with Crippen LogP contribution in [0.2, 0.25) is 0 Å². The molecule has 5 rings (SSSR count). The summed E-state index contributed by atoms with van der Waals surface area (Å²) in [6.45, 7) is 0. The molecule has 41 heavy (non-hydrogen) atoms. The number of fused-ring (bicyclic) bond motifs is 3. The first kappa shape index (κ1) is 26.8. The van der Waals surface area contributed by atoms with Gasteiger partial charge in [-0.2, -0.15) is 0 Å². The third-order valence-electron chi connectivity index (χ3n) is 6.65. The molecule has 0 bridgehead atoms. The van der Waals surface area contributed by atoms with E-state index in [0.717, 1.165) is 21.8 Å². The molecule has 11 nitrogen and oxygen atoms in total. The highest BCUT2D eigenvalue weighted by molar-refractivity contribution is 6.09. The predicted molar refractivity (Wildman–Crippen MR) is 160 cm³/mol. The van der Waals surface area contributed by atoms with Gasteiger partial charge in [0.1, 0.15) is 0 Å². The van der Waals surface area contributed by atoms with Crippen molar-refractivity contribution in [2.45, 2.75) is 0 Å². The number of nitrogens with one attached hydrogen (secondary N) is 1. The van der Waals surface area contributed by atoms with Crippen molar-refractivity contribution < 1.29 is 19.8 Å². The lowest BCUT2D eigenvalue weighted by Crippen LogP contribution is -2.27. The molecule has 0 spiro atoms. The van der Waals surface area contributed by atoms with Crippen LogP contribution in [0.3, 0.4) is 0 Å². The quantitative estimate of drug-likeness (QED) is 0.110. The van der Waals surface area contributed by atoms with Gasteiger partial charge in [0.05, 0.1) is 33.9 Å². The van der Waals surface area contributed by atoms with Crippen LogP contribution in [0.15, 0.2) is 97.3 Å². The third kappa shape index (κ3) is 5.26. The lowest BCUT2D eigenvalue weighted by atomic mass is 10.0. The molecule has 0 unspecified atom stereocenters. The van der Waals surface area contributed by atoms with Crippen molar-refractivity contribution in [1.82, 2.24) is 4.98 Å². The Balaban J connectivity index is 1.49. The van der Waals surface area contributed by atoms with Crippen molar-refractivity contribution >= 4 is 56.5 Å². The van der Waals surface area contributed by atoms with Crippen LogP contribution in [-0.4, -0.2) is 27.1 Å². The number of hydrogen-bond acceptors (Lipinski definition) is 8. The highest BCUT2D eigenvalue weighted by atomic mass is 16.4. The number of aromatic carboxylic acids is 2. The zero-order valence-corrected chi connectivity index (χ0v) is 21.7. The molecular weight excluding hydrogens is 522 g/mol. The van der Waals surface area contributed by atoms with Gasteiger partial charge in [0.25, 0.3) is 0 Å². The maximum atomic E-state index is 11.6. The number of hydrogen-bond donors (Lipinski definition) is 7. The van der Waals surface area contributed by atoms with Crippen molar-refractivity contribution in [3.63, 3.8) is 0 Å². The predicted octanol–water partition coefficient (Wildman–Crippen LogP) is 3.99. The fourth-order valence-electron chi connectivity index (χ4n) is 4.60. The second-order valence-electron chi connectivity index (χ2n) is 9.27. The van der Waals surface area contributed by atoms with Crippen molar-refractivity contribution in [1.29, 1.82) is 0 Å². The number of nitrogens with zero attached hydrogens (tertiary/aromatic N) is 2. The Morgan fingerprint density at radius 3 is 1.41 bits per heavy atom. The van der Waals surface area contributed by atoms with E-state index in [0.29, 0.717) is 33.9 Å². The van der Waals surface area contributed by atoms with Crippen molar-refractivity contribution in [2.24, 2.45) is 23.2 Å². The monoisotopic (exact) mass is 549 g/mol. The standard InChI is InChI=1S/C30H27N7O4/c31-23(15-36(33)27-7-3-1-5-19(27)29(38)39)17-9-11-25-21(13-17)22-14-18(10-12-26(22)35-25)24(32)16-37(34)28-8-4-2-6-20(28)30(40)41/h1-16,35H,31-34H2,(H,38,39)(H,40,41)/b23-15-,24-16-. The second kappa shape index (κ2) is 10.8. The van der Waals surface area contributed by atoms with Crippen LogP contribution in [-0.2, 0) is 0 Å². The molecule has 4 aromatic carbocycles. The van der Waals surface area contributed by atoms with Crippen molar-refractivity contribution in [3.8, 4) is 0 Å². The molecule has 11 heteroatoms. The van der Waals surface area contributed by atoms with Gasteiger partial charge < -0.3 is 26.7 Å². The SMILES string of the molecule is N/C(=C\N(N)c1ccccc1C(=O)O)c1ccc2[nH]c3ccc(/C(N)=C/N(N)c4ccccc4C(=O)O)cc3c2c1. The summed E-state index contributed by atoms with van der Waals surface area (Å²) in [5.74, 6) is 10.1. The average molecular weight is 550 g/mol. The molecule has 5 aromatic rings. The topological polar surface area (TPSA) is 201 Å². The van der Waals surface area contributed by atoms with Gasteiger partial charge in [-0.1, -0.05) is 36.4 Å². The fraction of sp³-hybridized carbons (Fsp3) is 0. The number of aromatic amines is 1. The maximum absolute atomic E-state index is 11.6. The first-order chi connectivity index (χ1) is 19.6. The van der Waals surface area contributed by atoms with Crippen LogP contribution in [0.1, 0.15) is 31.8 Å². The number of carboxylic acids is 2. The van der Waals surface area contributed by atoms with Crippen LogP contribution in [0.4, 0.5) is 11.4 Å². The summed E-state index contributed by atoms with van der Waals surface area (Å²) < 4.78 is 0. The Bertz CT molecular complexity index is 1740. The third-order valence-corrected chi connectivity index (χ3v) is 6.65. The van der Waals surface area contributed by atoms with Gasteiger partial charge >= 0.3 is 11.9 Å². The van der Waals surface area contributed by atoms with E-state index in [1.807, 2.05) is 36.4 Å². The van der Waals surface area contributed by atoms with Crippen molar-refractivity contribution in [3.05, 3.63) is 120 Å². The number of para-hydroxylation sites is 2. The molecule has 0 aliphatic heterocycles. The Morgan fingerprint density at radius 2 is 1.02 bits per heavy atom. The molecular formula is C30H27N7O4. The summed E-state index contributed by atoms with van der Waals surface area (Å²) >= 11 is 0. The first-order valence-corrected chi connectivity index (χ1v) is 12.4. The van der Waals surface area contributed by atoms with Gasteiger partial charge in [-0.15, -0.1) is 0 Å². The molecule has 0 saturated heterocycles. The van der Waals surface area contributed by atoms with Crippen LogP contribution in [0, 0.1) is 0 Å². The van der Waals surface area contributed by atoms with E-state index in [9.17, 15) is 19.8 Å². The van der Waals surface area contributed by atoms with Gasteiger partial charge in [0.15, 0.2) is 0 Å². The number of anilines is 2. The molecule has 206 valence electrons. The zero-order chi connectivity index (χ0) is 29.3. The Labute approximate surface area is 234 Å². The molecule has 0 radical (unpaired) electrons. The number of H-pyrrole nitrogens is 1. The van der Waals surface area contributed by atoms with Crippen LogP contribution >= 0.6 is 0 Å². The minimum absolute atomic E-state index is 0.0480. The van der Waals surface area contributed by atoms with Crippen LogP contribution < -0.4 is 33.2 Å². The van der Waals surface area contributed by atoms with Crippen molar-refractivity contribution in [2.75, 3.05) is 10.0 Å². The van der Waals surface area contributed by atoms with Gasteiger partial charge in [-0.05, 0) is 59.7 Å². The minimum atomic E-state index is -1.10. The van der Waals surface area contributed by atoms with E-state index in [4.69, 9.17) is 23.2 Å². The number of carbonyl (C=O) groups is 2. The number of nitrogens with two attached hydrogens (primary N) is 4. The molecule has 1 heterocycles. The summed E-state index contributed by atoms with van der Waals surface area (Å²) in [7, 11) is 0. The summed E-state index contributed by atoms with van der Waals surface area (Å²) in [6, 6.07) is 24.0. The van der Waals surface area contributed by atoms with E-state index < -0.39 is 11.9 Å². The maximum Gasteiger partial charge on any atom is 0.337 e. The van der Waals surface area contributed by atoms with E-state index in [1.165, 1.54) is 34.6 Å². The highest BCUT2D eigenvalue weighted by Crippen LogP contribution is 2.30. The molecule has 0 aliphatic carbocycles. The average Bonchev–Trinajstić information content (AvgIpc) is 3.34. The van der Waals surface area contributed by atoms with Gasteiger partial charge in [0.2, 0.25) is 0 Å². The van der Waals surface area contributed by atoms with Gasteiger partial charge in [-0.25, -0.2) is 21.3 Å². The molecule has 11 N–H and O–H groups in total. The number of benzene rings is 4. The van der Waals surface area contributed by atoms with Crippen LogP contribution in [0.5, 0.6) is 0 Å². The summed E-state index contributed by atoms with van der Waals surface area (Å²) in [4.78, 5) is 26.5. The Morgan fingerprint density at radius 1 is 0.634 bits per heavy atom. The van der Waals surface area contributed by atoms with E-state index in [1.54, 1.807) is 36.4 Å². The highest BCUT2D eigenvalue weighted by Gasteiger charge is 2.15. The first-order valence-electron chi connectivity index (χ1n) is 12.4. The molecule has 1 aromatic heterocycles.